The molecule has 0 saturated carbocycles. The van der Waals surface area contributed by atoms with Crippen LogP contribution in [0.1, 0.15) is 16.8 Å². The summed E-state index contributed by atoms with van der Waals surface area (Å²) in [4.78, 5) is 18.5. The fourth-order valence-corrected chi connectivity index (χ4v) is 3.22. The topological polar surface area (TPSA) is 77.5 Å². The zero-order valence-electron chi connectivity index (χ0n) is 15.3. The SMILES string of the molecule is Cc1ccccc1NC(=O)N1C[C@@H](O)[C@H](NCCc2ncccc2C)C1. The number of urea groups is 1. The summed E-state index contributed by atoms with van der Waals surface area (Å²) >= 11 is 0. The monoisotopic (exact) mass is 354 g/mol. The number of rotatable bonds is 5. The predicted octanol–water partition coefficient (Wildman–Crippen LogP) is 2.11. The predicted molar refractivity (Wildman–Crippen MR) is 102 cm³/mol. The molecule has 138 valence electrons. The van der Waals surface area contributed by atoms with Gasteiger partial charge in [-0.05, 0) is 37.1 Å². The molecule has 1 aliphatic rings. The number of para-hydroxylation sites is 1. The zero-order chi connectivity index (χ0) is 18.5. The largest absolute Gasteiger partial charge is 0.390 e. The number of β-amino-alcohol motifs (C(OH)–C–C–N with tert-alkyl or cyclic N) is 1. The number of aryl methyl sites for hydroxylation is 2. The molecule has 6 nitrogen and oxygen atoms in total. The minimum Gasteiger partial charge on any atom is -0.390 e. The van der Waals surface area contributed by atoms with Crippen LogP contribution in [-0.2, 0) is 6.42 Å². The zero-order valence-corrected chi connectivity index (χ0v) is 15.3. The van der Waals surface area contributed by atoms with E-state index in [9.17, 15) is 9.90 Å². The van der Waals surface area contributed by atoms with E-state index in [1.54, 1.807) is 11.1 Å². The summed E-state index contributed by atoms with van der Waals surface area (Å²) in [5, 5.41) is 16.6. The Morgan fingerprint density at radius 1 is 1.19 bits per heavy atom. The highest BCUT2D eigenvalue weighted by atomic mass is 16.3. The summed E-state index contributed by atoms with van der Waals surface area (Å²) in [6.45, 7) is 5.54. The van der Waals surface area contributed by atoms with Gasteiger partial charge in [-0.2, -0.15) is 0 Å². The number of nitrogens with one attached hydrogen (secondary N) is 2. The Kier molecular flexibility index (Phi) is 5.85. The van der Waals surface area contributed by atoms with E-state index >= 15 is 0 Å². The smallest absolute Gasteiger partial charge is 0.321 e. The number of hydrogen-bond acceptors (Lipinski definition) is 4. The molecule has 2 amide bonds. The van der Waals surface area contributed by atoms with Crippen molar-refractivity contribution in [3.63, 3.8) is 0 Å². The van der Waals surface area contributed by atoms with Crippen LogP contribution in [0.15, 0.2) is 42.6 Å². The summed E-state index contributed by atoms with van der Waals surface area (Å²) < 4.78 is 0. The molecule has 2 heterocycles. The summed E-state index contributed by atoms with van der Waals surface area (Å²) in [6.07, 6.45) is 2.03. The summed E-state index contributed by atoms with van der Waals surface area (Å²) in [5.74, 6) is 0. The highest BCUT2D eigenvalue weighted by molar-refractivity contribution is 5.90. The minimum atomic E-state index is -0.567. The van der Waals surface area contributed by atoms with Gasteiger partial charge in [-0.1, -0.05) is 24.3 Å². The summed E-state index contributed by atoms with van der Waals surface area (Å²) in [7, 11) is 0. The number of likely N-dealkylation sites (tertiary alicyclic amines) is 1. The van der Waals surface area contributed by atoms with Gasteiger partial charge in [-0.25, -0.2) is 4.79 Å². The van der Waals surface area contributed by atoms with Gasteiger partial charge in [0.15, 0.2) is 0 Å². The Balaban J connectivity index is 1.50. The first kappa shape index (κ1) is 18.4. The molecule has 0 radical (unpaired) electrons. The van der Waals surface area contributed by atoms with E-state index in [-0.39, 0.29) is 12.1 Å². The van der Waals surface area contributed by atoms with Crippen molar-refractivity contribution >= 4 is 11.7 Å². The number of amides is 2. The molecule has 6 heteroatoms. The van der Waals surface area contributed by atoms with Crippen LogP contribution in [0.5, 0.6) is 0 Å². The van der Waals surface area contributed by atoms with Gasteiger partial charge in [0.25, 0.3) is 0 Å². The van der Waals surface area contributed by atoms with Crippen molar-refractivity contribution in [3.05, 3.63) is 59.4 Å². The van der Waals surface area contributed by atoms with Crippen LogP contribution in [0.25, 0.3) is 0 Å². The fraction of sp³-hybridized carbons (Fsp3) is 0.400. The maximum Gasteiger partial charge on any atom is 0.321 e. The lowest BCUT2D eigenvalue weighted by Gasteiger charge is -2.18. The Bertz CT molecular complexity index is 765. The average Bonchev–Trinajstić information content (AvgIpc) is 3.00. The molecule has 1 aromatic heterocycles. The van der Waals surface area contributed by atoms with Crippen molar-refractivity contribution in [1.82, 2.24) is 15.2 Å². The molecule has 0 bridgehead atoms. The molecule has 1 aromatic carbocycles. The fourth-order valence-electron chi connectivity index (χ4n) is 3.22. The molecular formula is C20H26N4O2. The number of aliphatic hydroxyl groups excluding tert-OH is 1. The molecule has 0 aliphatic carbocycles. The third-order valence-electron chi connectivity index (χ3n) is 4.85. The van der Waals surface area contributed by atoms with Crippen LogP contribution in [-0.4, -0.2) is 52.8 Å². The molecule has 3 N–H and O–H groups in total. The second-order valence-electron chi connectivity index (χ2n) is 6.80. The molecule has 1 saturated heterocycles. The number of carbonyl (C=O) groups excluding carboxylic acids is 1. The standard InChI is InChI=1S/C20H26N4O2/c1-14-7-5-10-21-16(14)9-11-22-18-12-24(13-19(18)25)20(26)23-17-8-4-3-6-15(17)2/h3-8,10,18-19,22,25H,9,11-13H2,1-2H3,(H,23,26)/t18-,19-/m1/s1. The van der Waals surface area contributed by atoms with Gasteiger partial charge in [-0.15, -0.1) is 0 Å². The van der Waals surface area contributed by atoms with E-state index in [0.717, 1.165) is 23.4 Å². The number of benzene rings is 1. The quantitative estimate of drug-likeness (QED) is 0.768. The van der Waals surface area contributed by atoms with E-state index in [4.69, 9.17) is 0 Å². The van der Waals surface area contributed by atoms with E-state index in [0.29, 0.717) is 19.6 Å². The summed E-state index contributed by atoms with van der Waals surface area (Å²) in [6, 6.07) is 11.3. The highest BCUT2D eigenvalue weighted by Gasteiger charge is 2.33. The van der Waals surface area contributed by atoms with Crippen LogP contribution in [0.3, 0.4) is 0 Å². The molecule has 3 rings (SSSR count). The first-order chi connectivity index (χ1) is 12.5. The van der Waals surface area contributed by atoms with Crippen LogP contribution >= 0.6 is 0 Å². The Morgan fingerprint density at radius 3 is 2.73 bits per heavy atom. The first-order valence-corrected chi connectivity index (χ1v) is 8.98. The van der Waals surface area contributed by atoms with Gasteiger partial charge >= 0.3 is 6.03 Å². The molecular weight excluding hydrogens is 328 g/mol. The number of pyridine rings is 1. The second-order valence-corrected chi connectivity index (χ2v) is 6.80. The van der Waals surface area contributed by atoms with Gasteiger partial charge in [0.2, 0.25) is 0 Å². The molecule has 1 fully saturated rings. The molecule has 1 aliphatic heterocycles. The van der Waals surface area contributed by atoms with Crippen molar-refractivity contribution < 1.29 is 9.90 Å². The number of aliphatic hydroxyl groups is 1. The number of carbonyl (C=O) groups is 1. The summed E-state index contributed by atoms with van der Waals surface area (Å²) in [5.41, 5.74) is 4.04. The molecule has 0 unspecified atom stereocenters. The minimum absolute atomic E-state index is 0.123. The Morgan fingerprint density at radius 2 is 1.96 bits per heavy atom. The number of aromatic nitrogens is 1. The van der Waals surface area contributed by atoms with Gasteiger partial charge in [-0.3, -0.25) is 4.98 Å². The van der Waals surface area contributed by atoms with Gasteiger partial charge < -0.3 is 20.6 Å². The van der Waals surface area contributed by atoms with E-state index in [2.05, 4.69) is 15.6 Å². The number of nitrogens with zero attached hydrogens (tertiary/aromatic N) is 2. The van der Waals surface area contributed by atoms with E-state index < -0.39 is 6.10 Å². The van der Waals surface area contributed by atoms with Crippen molar-refractivity contribution in [1.29, 1.82) is 0 Å². The van der Waals surface area contributed by atoms with Crippen molar-refractivity contribution in [3.8, 4) is 0 Å². The average molecular weight is 354 g/mol. The first-order valence-electron chi connectivity index (χ1n) is 8.98. The van der Waals surface area contributed by atoms with Crippen LogP contribution in [0.2, 0.25) is 0 Å². The lowest BCUT2D eigenvalue weighted by Crippen LogP contribution is -2.40. The second kappa shape index (κ2) is 8.29. The van der Waals surface area contributed by atoms with Crippen molar-refractivity contribution in [2.24, 2.45) is 0 Å². The maximum absolute atomic E-state index is 12.5. The van der Waals surface area contributed by atoms with Crippen LogP contribution in [0, 0.1) is 13.8 Å². The van der Waals surface area contributed by atoms with Crippen molar-refractivity contribution in [2.75, 3.05) is 25.0 Å². The molecule has 2 aromatic rings. The highest BCUT2D eigenvalue weighted by Crippen LogP contribution is 2.16. The maximum atomic E-state index is 12.5. The van der Waals surface area contributed by atoms with Crippen molar-refractivity contribution in [2.45, 2.75) is 32.4 Å². The van der Waals surface area contributed by atoms with Gasteiger partial charge in [0, 0.05) is 43.6 Å². The Hall–Kier alpha value is -2.44. The van der Waals surface area contributed by atoms with Gasteiger partial charge in [0.05, 0.1) is 12.1 Å². The molecule has 26 heavy (non-hydrogen) atoms. The van der Waals surface area contributed by atoms with Crippen LogP contribution < -0.4 is 10.6 Å². The lowest BCUT2D eigenvalue weighted by atomic mass is 10.1. The molecule has 2 atom stereocenters. The number of anilines is 1. The molecule has 0 spiro atoms. The number of hydrogen-bond donors (Lipinski definition) is 3. The Labute approximate surface area is 154 Å². The van der Waals surface area contributed by atoms with Crippen LogP contribution in [0.4, 0.5) is 10.5 Å². The third kappa shape index (κ3) is 4.39. The lowest BCUT2D eigenvalue weighted by molar-refractivity contribution is 0.156. The third-order valence-corrected chi connectivity index (χ3v) is 4.85. The van der Waals surface area contributed by atoms with E-state index in [1.165, 1.54) is 5.56 Å². The normalized spacial score (nSPS) is 19.6. The van der Waals surface area contributed by atoms with E-state index in [1.807, 2.05) is 50.2 Å². The van der Waals surface area contributed by atoms with Gasteiger partial charge in [0.1, 0.15) is 0 Å².